The quantitative estimate of drug-likeness (QED) is 0.145. The molecule has 2 heteroatoms. The van der Waals surface area contributed by atoms with E-state index in [-0.39, 0.29) is 0 Å². The van der Waals surface area contributed by atoms with Crippen molar-refractivity contribution < 1.29 is 0 Å². The Morgan fingerprint density at radius 1 is 0.273 bits per heavy atom. The highest BCUT2D eigenvalue weighted by Gasteiger charge is 2.21. The van der Waals surface area contributed by atoms with Crippen molar-refractivity contribution in [3.8, 4) is 39.1 Å². The molecule has 12 aromatic carbocycles. The van der Waals surface area contributed by atoms with E-state index < -0.39 is 0 Å². The van der Waals surface area contributed by atoms with Gasteiger partial charge in [0.05, 0.1) is 11.0 Å². The molecule has 1 aromatic heterocycles. The van der Waals surface area contributed by atoms with Crippen molar-refractivity contribution >= 4 is 82.0 Å². The third-order valence-electron chi connectivity index (χ3n) is 13.5. The molecule has 0 aliphatic rings. The molecule has 13 rings (SSSR count). The van der Waals surface area contributed by atoms with Gasteiger partial charge in [0.15, 0.2) is 0 Å². The summed E-state index contributed by atoms with van der Waals surface area (Å²) in [6.45, 7) is 0. The average molecular weight is 839 g/mol. The van der Waals surface area contributed by atoms with E-state index in [1.165, 1.54) is 98.3 Å². The van der Waals surface area contributed by atoms with Crippen LogP contribution in [0.4, 0.5) is 17.1 Å². The summed E-state index contributed by atoms with van der Waals surface area (Å²) in [6, 6.07) is 93.3. The Bertz CT molecular complexity index is 3970. The van der Waals surface area contributed by atoms with Crippen LogP contribution in [0.2, 0.25) is 0 Å². The molecule has 1 heterocycles. The Hall–Kier alpha value is -8.72. The number of anilines is 3. The minimum absolute atomic E-state index is 1.09. The number of nitrogens with zero attached hydrogens (tertiary/aromatic N) is 2. The molecule has 0 amide bonds. The molecular formula is C64H42N2. The molecule has 0 N–H and O–H groups in total. The Labute approximate surface area is 383 Å². The first-order chi connectivity index (χ1) is 32.7. The van der Waals surface area contributed by atoms with Crippen LogP contribution in [0, 0.1) is 0 Å². The van der Waals surface area contributed by atoms with Crippen molar-refractivity contribution in [3.63, 3.8) is 0 Å². The smallest absolute Gasteiger partial charge is 0.0553 e. The third kappa shape index (κ3) is 6.18. The van der Waals surface area contributed by atoms with Gasteiger partial charge in [0.25, 0.3) is 0 Å². The molecule has 0 saturated carbocycles. The summed E-state index contributed by atoms with van der Waals surface area (Å²) < 4.78 is 2.43. The first-order valence-corrected chi connectivity index (χ1v) is 22.8. The Balaban J connectivity index is 1.00. The molecular weight excluding hydrogens is 797 g/mol. The largest absolute Gasteiger partial charge is 0.310 e. The molecule has 0 unspecified atom stereocenters. The maximum atomic E-state index is 2.43. The lowest BCUT2D eigenvalue weighted by atomic mass is 9.92. The van der Waals surface area contributed by atoms with E-state index in [0.29, 0.717) is 0 Å². The van der Waals surface area contributed by atoms with Gasteiger partial charge in [-0.3, -0.25) is 0 Å². The highest BCUT2D eigenvalue weighted by atomic mass is 15.1. The summed E-state index contributed by atoms with van der Waals surface area (Å²) in [5.41, 5.74) is 14.0. The van der Waals surface area contributed by atoms with Crippen LogP contribution in [-0.4, -0.2) is 4.57 Å². The standard InChI is InChI=1S/C64H42N2/c1-2-21-49(22-3-1)66-61-31-13-12-29-59(61)64-62(66)42-47-18-6-9-26-56(47)63(64)48-20-14-23-52(40-48)65(50-36-32-44(33-37-50)54-30-15-19-43-16-4-7-24-53(43)54)51-38-34-45(35-39-51)60-41-46-17-5-8-25-55(46)57-27-10-11-28-58(57)60/h1-42H. The van der Waals surface area contributed by atoms with E-state index in [1.807, 2.05) is 0 Å². The maximum absolute atomic E-state index is 2.43. The first-order valence-electron chi connectivity index (χ1n) is 22.8. The average Bonchev–Trinajstić information content (AvgIpc) is 3.72. The second-order valence-electron chi connectivity index (χ2n) is 17.3. The van der Waals surface area contributed by atoms with E-state index in [1.54, 1.807) is 0 Å². The molecule has 2 nitrogen and oxygen atoms in total. The van der Waals surface area contributed by atoms with Gasteiger partial charge in [-0.1, -0.05) is 188 Å². The van der Waals surface area contributed by atoms with Crippen molar-refractivity contribution in [2.24, 2.45) is 0 Å². The normalized spacial score (nSPS) is 11.6. The predicted molar refractivity (Wildman–Crippen MR) is 282 cm³/mol. The van der Waals surface area contributed by atoms with Gasteiger partial charge in [-0.05, 0) is 143 Å². The van der Waals surface area contributed by atoms with Gasteiger partial charge in [0.1, 0.15) is 0 Å². The van der Waals surface area contributed by atoms with Crippen LogP contribution in [0.25, 0.3) is 104 Å². The minimum Gasteiger partial charge on any atom is -0.310 e. The second-order valence-corrected chi connectivity index (χ2v) is 17.3. The van der Waals surface area contributed by atoms with Crippen LogP contribution in [0.15, 0.2) is 255 Å². The minimum atomic E-state index is 1.09. The third-order valence-corrected chi connectivity index (χ3v) is 13.5. The van der Waals surface area contributed by atoms with E-state index in [0.717, 1.165) is 22.7 Å². The molecule has 13 aromatic rings. The fourth-order valence-electron chi connectivity index (χ4n) is 10.5. The van der Waals surface area contributed by atoms with E-state index in [2.05, 4.69) is 264 Å². The molecule has 66 heavy (non-hydrogen) atoms. The summed E-state index contributed by atoms with van der Waals surface area (Å²) in [6.07, 6.45) is 0. The van der Waals surface area contributed by atoms with Gasteiger partial charge >= 0.3 is 0 Å². The lowest BCUT2D eigenvalue weighted by Gasteiger charge is -2.27. The zero-order valence-electron chi connectivity index (χ0n) is 36.1. The first kappa shape index (κ1) is 37.8. The molecule has 0 spiro atoms. The van der Waals surface area contributed by atoms with Crippen molar-refractivity contribution in [1.82, 2.24) is 4.57 Å². The number of fused-ring (bicyclic) bond motifs is 8. The fraction of sp³-hybridized carbons (Fsp3) is 0. The summed E-state index contributed by atoms with van der Waals surface area (Å²) in [4.78, 5) is 2.41. The molecule has 0 bridgehead atoms. The fourth-order valence-corrected chi connectivity index (χ4v) is 10.5. The molecule has 0 radical (unpaired) electrons. The van der Waals surface area contributed by atoms with E-state index in [9.17, 15) is 0 Å². The van der Waals surface area contributed by atoms with E-state index >= 15 is 0 Å². The number of rotatable bonds is 7. The van der Waals surface area contributed by atoms with Crippen molar-refractivity contribution in [2.75, 3.05) is 4.90 Å². The van der Waals surface area contributed by atoms with Crippen LogP contribution in [-0.2, 0) is 0 Å². The summed E-state index contributed by atoms with van der Waals surface area (Å²) in [5.74, 6) is 0. The highest BCUT2D eigenvalue weighted by Crippen LogP contribution is 2.46. The van der Waals surface area contributed by atoms with Crippen molar-refractivity contribution in [3.05, 3.63) is 255 Å². The lowest BCUT2D eigenvalue weighted by Crippen LogP contribution is -2.10. The van der Waals surface area contributed by atoms with Crippen LogP contribution >= 0.6 is 0 Å². The summed E-state index contributed by atoms with van der Waals surface area (Å²) >= 11 is 0. The zero-order chi connectivity index (χ0) is 43.6. The van der Waals surface area contributed by atoms with Crippen LogP contribution in [0.3, 0.4) is 0 Å². The number of aromatic nitrogens is 1. The number of para-hydroxylation sites is 2. The van der Waals surface area contributed by atoms with Gasteiger partial charge in [0.2, 0.25) is 0 Å². The van der Waals surface area contributed by atoms with E-state index in [4.69, 9.17) is 0 Å². The van der Waals surface area contributed by atoms with Crippen molar-refractivity contribution in [2.45, 2.75) is 0 Å². The van der Waals surface area contributed by atoms with Gasteiger partial charge in [-0.2, -0.15) is 0 Å². The van der Waals surface area contributed by atoms with Gasteiger partial charge in [-0.15, -0.1) is 0 Å². The molecule has 0 aliphatic carbocycles. The highest BCUT2D eigenvalue weighted by molar-refractivity contribution is 6.23. The SMILES string of the molecule is c1ccc(-n2c3ccccc3c3c(-c4cccc(N(c5ccc(-c6cccc7ccccc67)cc5)c5ccc(-c6cc7ccccc7c7ccccc67)cc5)c4)c4ccccc4cc32)cc1. The molecule has 308 valence electrons. The Kier molecular flexibility index (Phi) is 8.89. The molecule has 0 fully saturated rings. The summed E-state index contributed by atoms with van der Waals surface area (Å²) in [7, 11) is 0. The molecule has 0 atom stereocenters. The van der Waals surface area contributed by atoms with Crippen LogP contribution in [0.5, 0.6) is 0 Å². The van der Waals surface area contributed by atoms with Gasteiger partial charge in [0, 0.05) is 33.5 Å². The molecule has 0 aliphatic heterocycles. The molecule has 0 saturated heterocycles. The topological polar surface area (TPSA) is 8.17 Å². The predicted octanol–water partition coefficient (Wildman–Crippen LogP) is 17.9. The Morgan fingerprint density at radius 3 is 1.56 bits per heavy atom. The number of benzene rings is 12. The number of hydrogen-bond acceptors (Lipinski definition) is 1. The maximum Gasteiger partial charge on any atom is 0.0553 e. The van der Waals surface area contributed by atoms with Crippen LogP contribution < -0.4 is 4.90 Å². The Morgan fingerprint density at radius 2 is 0.818 bits per heavy atom. The van der Waals surface area contributed by atoms with Crippen LogP contribution in [0.1, 0.15) is 0 Å². The summed E-state index contributed by atoms with van der Waals surface area (Å²) in [5, 5.41) is 12.5. The monoisotopic (exact) mass is 838 g/mol. The second kappa shape index (κ2) is 15.5. The lowest BCUT2D eigenvalue weighted by molar-refractivity contribution is 1.18. The number of hydrogen-bond donors (Lipinski definition) is 0. The van der Waals surface area contributed by atoms with Crippen molar-refractivity contribution in [1.29, 1.82) is 0 Å². The van der Waals surface area contributed by atoms with Gasteiger partial charge in [-0.25, -0.2) is 0 Å². The van der Waals surface area contributed by atoms with Gasteiger partial charge < -0.3 is 9.47 Å². The zero-order valence-corrected chi connectivity index (χ0v) is 36.1.